The van der Waals surface area contributed by atoms with Gasteiger partial charge in [-0.1, -0.05) is 66.0 Å². The van der Waals surface area contributed by atoms with Crippen LogP contribution in [-0.2, 0) is 29.0 Å². The molecular weight excluding hydrogens is 752 g/mol. The van der Waals surface area contributed by atoms with Crippen LogP contribution in [-0.4, -0.2) is 33.1 Å². The Bertz CT molecular complexity index is 2130. The highest BCUT2D eigenvalue weighted by atomic mass is 79.9. The van der Waals surface area contributed by atoms with Gasteiger partial charge in [-0.3, -0.25) is 9.59 Å². The number of amides is 2. The number of para-hydroxylation sites is 1. The van der Waals surface area contributed by atoms with Crippen molar-refractivity contribution in [1.82, 2.24) is 9.55 Å². The molecule has 44 heavy (non-hydrogen) atoms. The van der Waals surface area contributed by atoms with Crippen LogP contribution in [0.4, 0.5) is 11.4 Å². The molecule has 2 amide bonds. The Hall–Kier alpha value is -3.70. The van der Waals surface area contributed by atoms with E-state index < -0.39 is 0 Å². The third-order valence-electron chi connectivity index (χ3n) is 7.98. The first-order valence-corrected chi connectivity index (χ1v) is 16.4. The number of carbonyl (C=O) groups is 2. The molecule has 0 saturated carbocycles. The van der Waals surface area contributed by atoms with Crippen molar-refractivity contribution in [2.45, 2.75) is 19.4 Å². The van der Waals surface area contributed by atoms with Crippen molar-refractivity contribution in [3.63, 3.8) is 0 Å². The van der Waals surface area contributed by atoms with Gasteiger partial charge in [-0.05, 0) is 71.8 Å². The molecule has 8 rings (SSSR count). The molecule has 0 unspecified atom stereocenters. The van der Waals surface area contributed by atoms with Crippen molar-refractivity contribution in [3.05, 3.63) is 103 Å². The molecule has 2 aliphatic rings. The molecule has 220 valence electrons. The molecule has 0 atom stereocenters. The quantitative estimate of drug-likeness (QED) is 0.142. The van der Waals surface area contributed by atoms with Gasteiger partial charge in [0.15, 0.2) is 0 Å². The maximum atomic E-state index is 12.3. The topological polar surface area (TPSA) is 99.2 Å². The number of hydrogen-bond acceptors (Lipinski definition) is 3. The third kappa shape index (κ3) is 5.19. The van der Waals surface area contributed by atoms with Crippen LogP contribution in [0.5, 0.6) is 0 Å². The van der Waals surface area contributed by atoms with Gasteiger partial charge in [-0.25, -0.2) is 0 Å². The predicted molar refractivity (Wildman–Crippen MR) is 186 cm³/mol. The normalized spacial score (nSPS) is 13.5. The average molecular weight is 777 g/mol. The van der Waals surface area contributed by atoms with Gasteiger partial charge in [-0.2, -0.15) is 0 Å². The zero-order valence-corrected chi connectivity index (χ0v) is 27.9. The number of aliphatic hydroxyl groups excluding tert-OH is 1. The number of rotatable bonds is 2. The third-order valence-corrected chi connectivity index (χ3v) is 9.46. The fourth-order valence-electron chi connectivity index (χ4n) is 6.19. The van der Waals surface area contributed by atoms with Crippen LogP contribution in [0.2, 0.25) is 0 Å². The molecule has 2 aliphatic heterocycles. The van der Waals surface area contributed by atoms with Crippen LogP contribution in [0.25, 0.3) is 44.3 Å². The Balaban J connectivity index is 0.000000143. The van der Waals surface area contributed by atoms with E-state index in [-0.39, 0.29) is 18.4 Å². The Kier molecular flexibility index (Phi) is 7.70. The minimum absolute atomic E-state index is 0.0122. The molecule has 0 aliphatic carbocycles. The molecule has 4 N–H and O–H groups in total. The number of nitrogens with zero attached hydrogens (tertiary/aromatic N) is 1. The second-order valence-corrected chi connectivity index (χ2v) is 13.5. The number of H-pyrrole nitrogens is 1. The van der Waals surface area contributed by atoms with Gasteiger partial charge in [0.25, 0.3) is 0 Å². The standard InChI is InChI=1S/C18H15BrN2O2.C16H10Br2N2O/c19-11-5-6-16-13(9-11)14-10-17(23)20-15-4-2-1-3-12(15)18(14)21(16)7-8-22;17-8-1-3-13-10(5-8)11-7-15(21)19-14-4-2-9(18)6-12(14)16(11)20-13/h1-6,9,22H,7-8,10H2,(H,20,23);1-6,20H,7H2,(H,19,21). The maximum absolute atomic E-state index is 12.3. The van der Waals surface area contributed by atoms with Crippen molar-refractivity contribution < 1.29 is 14.7 Å². The second kappa shape index (κ2) is 11.7. The van der Waals surface area contributed by atoms with Crippen LogP contribution in [0.3, 0.4) is 0 Å². The van der Waals surface area contributed by atoms with Crippen LogP contribution >= 0.6 is 47.8 Å². The van der Waals surface area contributed by atoms with Gasteiger partial charge in [-0.15, -0.1) is 0 Å². The lowest BCUT2D eigenvalue weighted by Gasteiger charge is -2.12. The maximum Gasteiger partial charge on any atom is 0.228 e. The van der Waals surface area contributed by atoms with Crippen molar-refractivity contribution in [2.24, 2.45) is 0 Å². The summed E-state index contributed by atoms with van der Waals surface area (Å²) < 4.78 is 5.09. The van der Waals surface area contributed by atoms with Gasteiger partial charge in [0.2, 0.25) is 11.8 Å². The molecule has 0 bridgehead atoms. The summed E-state index contributed by atoms with van der Waals surface area (Å²) in [5, 5.41) is 17.6. The summed E-state index contributed by atoms with van der Waals surface area (Å²) in [6.07, 6.45) is 0.702. The highest BCUT2D eigenvalue weighted by Crippen LogP contribution is 2.41. The molecule has 0 fully saturated rings. The van der Waals surface area contributed by atoms with Gasteiger partial charge < -0.3 is 25.3 Å². The van der Waals surface area contributed by atoms with Crippen LogP contribution in [0.15, 0.2) is 92.3 Å². The van der Waals surface area contributed by atoms with E-state index in [2.05, 4.69) is 74.0 Å². The summed E-state index contributed by atoms with van der Waals surface area (Å²) in [5.74, 6) is -0.00239. The van der Waals surface area contributed by atoms with E-state index in [0.717, 1.165) is 80.2 Å². The van der Waals surface area contributed by atoms with E-state index >= 15 is 0 Å². The molecule has 0 radical (unpaired) electrons. The van der Waals surface area contributed by atoms with Gasteiger partial charge >= 0.3 is 0 Å². The Morgan fingerprint density at radius 1 is 0.705 bits per heavy atom. The summed E-state index contributed by atoms with van der Waals surface area (Å²) in [4.78, 5) is 27.9. The van der Waals surface area contributed by atoms with E-state index in [0.29, 0.717) is 19.4 Å². The van der Waals surface area contributed by atoms with E-state index in [1.807, 2.05) is 72.8 Å². The van der Waals surface area contributed by atoms with Crippen molar-refractivity contribution in [3.8, 4) is 22.5 Å². The van der Waals surface area contributed by atoms with Crippen molar-refractivity contribution in [1.29, 1.82) is 0 Å². The summed E-state index contributed by atoms with van der Waals surface area (Å²) in [6, 6.07) is 25.9. The molecule has 4 heterocycles. The number of anilines is 2. The average Bonchev–Trinajstić information content (AvgIpc) is 3.37. The first-order chi connectivity index (χ1) is 21.3. The number of hydrogen-bond donors (Lipinski definition) is 4. The number of carbonyl (C=O) groups excluding carboxylic acids is 2. The summed E-state index contributed by atoms with van der Waals surface area (Å²) in [5.41, 5.74) is 9.83. The lowest BCUT2D eigenvalue weighted by atomic mass is 10.0. The summed E-state index contributed by atoms with van der Waals surface area (Å²) in [6.45, 7) is 0.547. The minimum Gasteiger partial charge on any atom is -0.395 e. The molecule has 10 heteroatoms. The van der Waals surface area contributed by atoms with Crippen LogP contribution in [0, 0.1) is 0 Å². The molecule has 0 spiro atoms. The fourth-order valence-corrected chi connectivity index (χ4v) is 7.27. The van der Waals surface area contributed by atoms with E-state index in [1.165, 1.54) is 0 Å². The zero-order valence-electron chi connectivity index (χ0n) is 23.2. The number of aromatic nitrogens is 2. The van der Waals surface area contributed by atoms with Crippen LogP contribution in [0.1, 0.15) is 11.1 Å². The molecule has 7 nitrogen and oxygen atoms in total. The monoisotopic (exact) mass is 774 g/mol. The molecule has 6 aromatic rings. The first kappa shape index (κ1) is 29.0. The number of aromatic amines is 1. The SMILES string of the molecule is O=C1Cc2c([nH]c3ccc(Br)cc23)-c2cc(Br)ccc2N1.O=C1Cc2c(n(CCO)c3ccc(Br)cc23)-c2ccccc2N1. The molecule has 4 aromatic carbocycles. The minimum atomic E-state index is -0.0146. The zero-order chi connectivity index (χ0) is 30.5. The largest absolute Gasteiger partial charge is 0.395 e. The van der Waals surface area contributed by atoms with E-state index in [1.54, 1.807) is 0 Å². The highest BCUT2D eigenvalue weighted by Gasteiger charge is 2.26. The number of nitrogens with one attached hydrogen (secondary N) is 3. The summed E-state index contributed by atoms with van der Waals surface area (Å²) >= 11 is 10.5. The highest BCUT2D eigenvalue weighted by molar-refractivity contribution is 9.11. The predicted octanol–water partition coefficient (Wildman–Crippen LogP) is 8.41. The van der Waals surface area contributed by atoms with Crippen molar-refractivity contribution >= 4 is 92.8 Å². The lowest BCUT2D eigenvalue weighted by Crippen LogP contribution is -2.12. The number of halogens is 3. The number of benzene rings is 4. The Labute approximate surface area is 278 Å². The number of fused-ring (bicyclic) bond motifs is 10. The van der Waals surface area contributed by atoms with Gasteiger partial charge in [0, 0.05) is 52.9 Å². The summed E-state index contributed by atoms with van der Waals surface area (Å²) in [7, 11) is 0. The second-order valence-electron chi connectivity index (χ2n) is 10.7. The molecule has 0 saturated heterocycles. The lowest BCUT2D eigenvalue weighted by molar-refractivity contribution is -0.116. The fraction of sp³-hybridized carbons (Fsp3) is 0.118. The Morgan fingerprint density at radius 2 is 1.34 bits per heavy atom. The first-order valence-electron chi connectivity index (χ1n) is 14.0. The van der Waals surface area contributed by atoms with Crippen molar-refractivity contribution in [2.75, 3.05) is 17.2 Å². The smallest absolute Gasteiger partial charge is 0.228 e. The van der Waals surface area contributed by atoms with E-state index in [9.17, 15) is 14.7 Å². The number of aliphatic hydroxyl groups is 1. The molecular formula is C34H25Br3N4O3. The van der Waals surface area contributed by atoms with Crippen LogP contribution < -0.4 is 10.6 Å². The Morgan fingerprint density at radius 3 is 2.11 bits per heavy atom. The van der Waals surface area contributed by atoms with Gasteiger partial charge in [0.05, 0.1) is 42.2 Å². The van der Waals surface area contributed by atoms with E-state index in [4.69, 9.17) is 0 Å². The molecule has 2 aromatic heterocycles. The van der Waals surface area contributed by atoms with Gasteiger partial charge in [0.1, 0.15) is 0 Å².